The number of carbonyl (C=O) groups excluding carboxylic acids is 1. The van der Waals surface area contributed by atoms with Gasteiger partial charge in [0.2, 0.25) is 5.91 Å². The predicted octanol–water partition coefficient (Wildman–Crippen LogP) is 1.85. The highest BCUT2D eigenvalue weighted by Gasteiger charge is 2.32. The van der Waals surface area contributed by atoms with Crippen LogP contribution < -0.4 is 10.5 Å². The summed E-state index contributed by atoms with van der Waals surface area (Å²) in [7, 11) is 1.83. The largest absolute Gasteiger partial charge is 0.325 e. The van der Waals surface area contributed by atoms with Crippen LogP contribution in [0.2, 0.25) is 0 Å². The third-order valence-corrected chi connectivity index (χ3v) is 5.24. The lowest BCUT2D eigenvalue weighted by atomic mass is 10.1. The van der Waals surface area contributed by atoms with Crippen LogP contribution in [0.4, 0.5) is 5.69 Å². The Balaban J connectivity index is 1.84. The zero-order chi connectivity index (χ0) is 17.3. The van der Waals surface area contributed by atoms with E-state index in [2.05, 4.69) is 10.1 Å². The highest BCUT2D eigenvalue weighted by molar-refractivity contribution is 8.00. The number of hydrogen-bond acceptors (Lipinski definition) is 5. The van der Waals surface area contributed by atoms with E-state index in [1.807, 2.05) is 31.7 Å². The summed E-state index contributed by atoms with van der Waals surface area (Å²) in [4.78, 5) is 30.4. The first-order valence-electron chi connectivity index (χ1n) is 8.01. The molecule has 128 valence electrons. The molecule has 1 aliphatic rings. The second-order valence-electron chi connectivity index (χ2n) is 6.16. The predicted molar refractivity (Wildman–Crippen MR) is 93.3 cm³/mol. The maximum atomic E-state index is 12.9. The van der Waals surface area contributed by atoms with Crippen molar-refractivity contribution in [3.8, 4) is 0 Å². The number of thioether (sulfide) groups is 1. The summed E-state index contributed by atoms with van der Waals surface area (Å²) < 4.78 is 3.62. The molecule has 1 amide bonds. The maximum Gasteiger partial charge on any atom is 0.273 e. The molecular weight excluding hydrogens is 326 g/mol. The summed E-state index contributed by atoms with van der Waals surface area (Å²) in [6, 6.07) is 1.63. The van der Waals surface area contributed by atoms with Gasteiger partial charge in [-0.1, -0.05) is 11.8 Å². The highest BCUT2D eigenvalue weighted by Crippen LogP contribution is 2.31. The standard InChI is InChI=1S/C16H21N5O2S/c1-11(2)20-8-6-14(22)18-16(20)24-13-5-4-7-21(15(13)23)12-9-17-19(3)10-12/h6,8-11,13H,4-5,7H2,1-3H3/t13-/m0/s1. The number of piperidine rings is 1. The van der Waals surface area contributed by atoms with Crippen molar-refractivity contribution in [2.24, 2.45) is 7.05 Å². The van der Waals surface area contributed by atoms with Gasteiger partial charge in [-0.05, 0) is 26.7 Å². The summed E-state index contributed by atoms with van der Waals surface area (Å²) in [5.41, 5.74) is 0.539. The van der Waals surface area contributed by atoms with Crippen molar-refractivity contribution in [3.63, 3.8) is 0 Å². The van der Waals surface area contributed by atoms with E-state index in [9.17, 15) is 9.59 Å². The first kappa shape index (κ1) is 16.8. The fourth-order valence-electron chi connectivity index (χ4n) is 2.76. The molecule has 0 unspecified atom stereocenters. The van der Waals surface area contributed by atoms with Gasteiger partial charge in [-0.15, -0.1) is 0 Å². The molecule has 1 aliphatic heterocycles. The third-order valence-electron chi connectivity index (χ3n) is 4.00. The van der Waals surface area contributed by atoms with Crippen LogP contribution in [0, 0.1) is 0 Å². The van der Waals surface area contributed by atoms with Crippen molar-refractivity contribution in [3.05, 3.63) is 35.0 Å². The van der Waals surface area contributed by atoms with Gasteiger partial charge in [-0.2, -0.15) is 10.1 Å². The minimum Gasteiger partial charge on any atom is -0.325 e. The molecule has 0 spiro atoms. The van der Waals surface area contributed by atoms with Gasteiger partial charge in [0.25, 0.3) is 5.56 Å². The Morgan fingerprint density at radius 1 is 1.33 bits per heavy atom. The zero-order valence-electron chi connectivity index (χ0n) is 14.0. The number of rotatable bonds is 4. The lowest BCUT2D eigenvalue weighted by Gasteiger charge is -2.31. The van der Waals surface area contributed by atoms with E-state index in [1.54, 1.807) is 22.0 Å². The second kappa shape index (κ2) is 6.80. The van der Waals surface area contributed by atoms with Crippen molar-refractivity contribution in [2.75, 3.05) is 11.4 Å². The monoisotopic (exact) mass is 347 g/mol. The average molecular weight is 347 g/mol. The third kappa shape index (κ3) is 3.38. The number of hydrogen-bond donors (Lipinski definition) is 0. The van der Waals surface area contributed by atoms with E-state index in [1.165, 1.54) is 17.8 Å². The Morgan fingerprint density at radius 3 is 2.79 bits per heavy atom. The Kier molecular flexibility index (Phi) is 4.75. The van der Waals surface area contributed by atoms with E-state index < -0.39 is 0 Å². The molecule has 7 nitrogen and oxygen atoms in total. The van der Waals surface area contributed by atoms with Crippen molar-refractivity contribution in [2.45, 2.75) is 43.1 Å². The van der Waals surface area contributed by atoms with Crippen molar-refractivity contribution >= 4 is 23.4 Å². The lowest BCUT2D eigenvalue weighted by molar-refractivity contribution is -0.119. The number of aromatic nitrogens is 4. The van der Waals surface area contributed by atoms with Crippen molar-refractivity contribution in [1.29, 1.82) is 0 Å². The molecule has 24 heavy (non-hydrogen) atoms. The number of amides is 1. The van der Waals surface area contributed by atoms with E-state index in [0.717, 1.165) is 18.5 Å². The molecule has 1 atom stereocenters. The number of carbonyl (C=O) groups is 1. The van der Waals surface area contributed by atoms with Crippen molar-refractivity contribution < 1.29 is 4.79 Å². The van der Waals surface area contributed by atoms with Gasteiger partial charge in [0.15, 0.2) is 5.16 Å². The molecule has 0 bridgehead atoms. The molecule has 8 heteroatoms. The van der Waals surface area contributed by atoms with Gasteiger partial charge in [0.05, 0.1) is 17.1 Å². The summed E-state index contributed by atoms with van der Waals surface area (Å²) in [6.07, 6.45) is 6.99. The molecular formula is C16H21N5O2S. The molecule has 0 radical (unpaired) electrons. The molecule has 1 saturated heterocycles. The molecule has 0 aliphatic carbocycles. The van der Waals surface area contributed by atoms with Crippen LogP contribution >= 0.6 is 11.8 Å². The van der Waals surface area contributed by atoms with Gasteiger partial charge in [0, 0.05) is 38.1 Å². The number of aryl methyl sites for hydroxylation is 1. The van der Waals surface area contributed by atoms with Crippen LogP contribution in [-0.4, -0.2) is 37.0 Å². The van der Waals surface area contributed by atoms with Gasteiger partial charge in [0.1, 0.15) is 0 Å². The topological polar surface area (TPSA) is 73.0 Å². The quantitative estimate of drug-likeness (QED) is 0.789. The summed E-state index contributed by atoms with van der Waals surface area (Å²) in [5, 5.41) is 4.51. The summed E-state index contributed by atoms with van der Waals surface area (Å²) in [6.45, 7) is 4.75. The fraction of sp³-hybridized carbons (Fsp3) is 0.500. The van der Waals surface area contributed by atoms with Crippen LogP contribution in [0.15, 0.2) is 34.6 Å². The highest BCUT2D eigenvalue weighted by atomic mass is 32.2. The SMILES string of the molecule is CC(C)n1ccc(=O)nc1S[C@H]1CCCN(c2cnn(C)c2)C1=O. The summed E-state index contributed by atoms with van der Waals surface area (Å²) >= 11 is 1.38. The smallest absolute Gasteiger partial charge is 0.273 e. The lowest BCUT2D eigenvalue weighted by Crippen LogP contribution is -2.43. The molecule has 0 saturated carbocycles. The Hall–Kier alpha value is -2.09. The van der Waals surface area contributed by atoms with Crippen LogP contribution in [0.3, 0.4) is 0 Å². The minimum atomic E-state index is -0.276. The van der Waals surface area contributed by atoms with E-state index in [0.29, 0.717) is 11.7 Å². The van der Waals surface area contributed by atoms with Crippen molar-refractivity contribution in [1.82, 2.24) is 19.3 Å². The van der Waals surface area contributed by atoms with Crippen LogP contribution in [0.1, 0.15) is 32.7 Å². The molecule has 0 aromatic carbocycles. The number of anilines is 1. The molecule has 2 aromatic heterocycles. The fourth-order valence-corrected chi connectivity index (χ4v) is 4.06. The Bertz CT molecular complexity index is 798. The average Bonchev–Trinajstić information content (AvgIpc) is 2.95. The first-order chi connectivity index (χ1) is 11.5. The maximum absolute atomic E-state index is 12.9. The van der Waals surface area contributed by atoms with E-state index in [-0.39, 0.29) is 22.8 Å². The Morgan fingerprint density at radius 2 is 2.12 bits per heavy atom. The minimum absolute atomic E-state index is 0.0488. The zero-order valence-corrected chi connectivity index (χ0v) is 14.9. The molecule has 0 N–H and O–H groups in total. The molecule has 1 fully saturated rings. The van der Waals surface area contributed by atoms with E-state index >= 15 is 0 Å². The van der Waals surface area contributed by atoms with Gasteiger partial charge in [-0.3, -0.25) is 14.3 Å². The van der Waals surface area contributed by atoms with Gasteiger partial charge >= 0.3 is 0 Å². The Labute approximate surface area is 144 Å². The van der Waals surface area contributed by atoms with Gasteiger partial charge < -0.3 is 9.47 Å². The number of nitrogens with zero attached hydrogens (tertiary/aromatic N) is 5. The van der Waals surface area contributed by atoms with E-state index in [4.69, 9.17) is 0 Å². The summed E-state index contributed by atoms with van der Waals surface area (Å²) in [5.74, 6) is 0.0488. The van der Waals surface area contributed by atoms with Crippen LogP contribution in [0.5, 0.6) is 0 Å². The second-order valence-corrected chi connectivity index (χ2v) is 7.33. The first-order valence-corrected chi connectivity index (χ1v) is 8.89. The molecule has 3 heterocycles. The van der Waals surface area contributed by atoms with Crippen LogP contribution in [0.25, 0.3) is 0 Å². The van der Waals surface area contributed by atoms with Gasteiger partial charge in [-0.25, -0.2) is 0 Å². The normalized spacial score (nSPS) is 18.4. The van der Waals surface area contributed by atoms with Crippen LogP contribution in [-0.2, 0) is 11.8 Å². The molecule has 3 rings (SSSR count). The molecule has 2 aromatic rings.